The van der Waals surface area contributed by atoms with E-state index in [1.54, 1.807) is 19.3 Å². The standard InChI is InChI=1S/C16H15N5O2/c1-12-19-16(21(22)23)15(14-9-17-11-18-10-14)20(12)8-7-13-5-3-2-4-6-13/h2-6,9-11H,7-8H2,1H3. The lowest BCUT2D eigenvalue weighted by Crippen LogP contribution is -2.06. The molecule has 116 valence electrons. The third-order valence-electron chi connectivity index (χ3n) is 3.61. The Morgan fingerprint density at radius 1 is 1.17 bits per heavy atom. The van der Waals surface area contributed by atoms with Crippen molar-refractivity contribution in [1.82, 2.24) is 19.5 Å². The molecule has 0 N–H and O–H groups in total. The van der Waals surface area contributed by atoms with E-state index in [-0.39, 0.29) is 5.82 Å². The summed E-state index contributed by atoms with van der Waals surface area (Å²) in [7, 11) is 0. The zero-order chi connectivity index (χ0) is 16.2. The fourth-order valence-corrected chi connectivity index (χ4v) is 2.54. The summed E-state index contributed by atoms with van der Waals surface area (Å²) in [4.78, 5) is 22.9. The van der Waals surface area contributed by atoms with Gasteiger partial charge in [-0.05, 0) is 21.9 Å². The van der Waals surface area contributed by atoms with Gasteiger partial charge >= 0.3 is 5.82 Å². The minimum atomic E-state index is -0.464. The molecule has 0 spiro atoms. The van der Waals surface area contributed by atoms with Crippen molar-refractivity contribution in [3.05, 3.63) is 70.6 Å². The van der Waals surface area contributed by atoms with Gasteiger partial charge in [0.1, 0.15) is 6.33 Å². The molecule has 0 saturated carbocycles. The highest BCUT2D eigenvalue weighted by Crippen LogP contribution is 2.29. The number of imidazole rings is 1. The number of aromatic nitrogens is 4. The fraction of sp³-hybridized carbons (Fsp3) is 0.188. The van der Waals surface area contributed by atoms with Crippen molar-refractivity contribution in [2.24, 2.45) is 0 Å². The van der Waals surface area contributed by atoms with E-state index in [1.807, 2.05) is 34.9 Å². The van der Waals surface area contributed by atoms with Crippen molar-refractivity contribution >= 4 is 5.82 Å². The molecular weight excluding hydrogens is 294 g/mol. The normalized spacial score (nSPS) is 10.7. The van der Waals surface area contributed by atoms with Crippen molar-refractivity contribution in [3.8, 4) is 11.3 Å². The first-order valence-corrected chi connectivity index (χ1v) is 7.17. The zero-order valence-corrected chi connectivity index (χ0v) is 12.6. The van der Waals surface area contributed by atoms with Crippen molar-refractivity contribution in [2.45, 2.75) is 19.9 Å². The predicted octanol–water partition coefficient (Wildman–Crippen LogP) is 2.80. The van der Waals surface area contributed by atoms with E-state index in [0.717, 1.165) is 6.42 Å². The van der Waals surface area contributed by atoms with Gasteiger partial charge in [0.2, 0.25) is 5.82 Å². The summed E-state index contributed by atoms with van der Waals surface area (Å²) in [5, 5.41) is 11.3. The van der Waals surface area contributed by atoms with Gasteiger partial charge in [0, 0.05) is 31.4 Å². The monoisotopic (exact) mass is 309 g/mol. The first-order valence-electron chi connectivity index (χ1n) is 7.17. The largest absolute Gasteiger partial charge is 0.390 e. The molecule has 7 heteroatoms. The molecule has 1 aromatic carbocycles. The molecule has 23 heavy (non-hydrogen) atoms. The third-order valence-corrected chi connectivity index (χ3v) is 3.61. The van der Waals surface area contributed by atoms with Gasteiger partial charge in [-0.1, -0.05) is 30.3 Å². The second-order valence-electron chi connectivity index (χ2n) is 5.10. The number of hydrogen-bond acceptors (Lipinski definition) is 5. The molecule has 0 atom stereocenters. The minimum Gasteiger partial charge on any atom is -0.358 e. The van der Waals surface area contributed by atoms with E-state index in [0.29, 0.717) is 23.6 Å². The fourth-order valence-electron chi connectivity index (χ4n) is 2.54. The van der Waals surface area contributed by atoms with Crippen LogP contribution in [0.3, 0.4) is 0 Å². The van der Waals surface area contributed by atoms with Crippen LogP contribution < -0.4 is 0 Å². The molecule has 0 aliphatic carbocycles. The lowest BCUT2D eigenvalue weighted by Gasteiger charge is -2.08. The Labute approximate surface area is 132 Å². The summed E-state index contributed by atoms with van der Waals surface area (Å²) in [6.45, 7) is 2.37. The number of aryl methyl sites for hydroxylation is 2. The minimum absolute atomic E-state index is 0.162. The molecule has 2 heterocycles. The van der Waals surface area contributed by atoms with Crippen LogP contribution >= 0.6 is 0 Å². The molecule has 3 aromatic rings. The number of nitro groups is 1. The van der Waals surface area contributed by atoms with E-state index in [9.17, 15) is 10.1 Å². The van der Waals surface area contributed by atoms with E-state index >= 15 is 0 Å². The Kier molecular flexibility index (Phi) is 4.09. The molecule has 0 amide bonds. The lowest BCUT2D eigenvalue weighted by atomic mass is 10.1. The molecule has 0 radical (unpaired) electrons. The second-order valence-corrected chi connectivity index (χ2v) is 5.10. The van der Waals surface area contributed by atoms with E-state index in [2.05, 4.69) is 15.0 Å². The Balaban J connectivity index is 2.00. The molecule has 2 aromatic heterocycles. The predicted molar refractivity (Wildman–Crippen MR) is 84.8 cm³/mol. The third kappa shape index (κ3) is 3.08. The summed E-state index contributed by atoms with van der Waals surface area (Å²) in [5.74, 6) is 0.442. The Morgan fingerprint density at radius 3 is 2.52 bits per heavy atom. The van der Waals surface area contributed by atoms with Crippen LogP contribution in [-0.4, -0.2) is 24.4 Å². The highest BCUT2D eigenvalue weighted by molar-refractivity contribution is 5.67. The van der Waals surface area contributed by atoms with Crippen molar-refractivity contribution < 1.29 is 4.92 Å². The van der Waals surface area contributed by atoms with Gasteiger partial charge in [-0.2, -0.15) is 0 Å². The molecule has 0 saturated heterocycles. The summed E-state index contributed by atoms with van der Waals surface area (Å²) >= 11 is 0. The topological polar surface area (TPSA) is 86.7 Å². The Morgan fingerprint density at radius 2 is 1.87 bits per heavy atom. The summed E-state index contributed by atoms with van der Waals surface area (Å²) in [6, 6.07) is 9.98. The van der Waals surface area contributed by atoms with Gasteiger partial charge in [0.25, 0.3) is 0 Å². The van der Waals surface area contributed by atoms with Crippen LogP contribution in [0.1, 0.15) is 11.4 Å². The maximum atomic E-state index is 11.3. The van der Waals surface area contributed by atoms with Gasteiger partial charge in [0.15, 0.2) is 5.69 Å². The molecule has 0 bridgehead atoms. The van der Waals surface area contributed by atoms with Gasteiger partial charge < -0.3 is 14.7 Å². The zero-order valence-electron chi connectivity index (χ0n) is 12.6. The number of hydrogen-bond donors (Lipinski definition) is 0. The highest BCUT2D eigenvalue weighted by Gasteiger charge is 2.26. The highest BCUT2D eigenvalue weighted by atomic mass is 16.6. The summed E-state index contributed by atoms with van der Waals surface area (Å²) in [5.41, 5.74) is 2.20. The SMILES string of the molecule is Cc1nc([N+](=O)[O-])c(-c2cncnc2)n1CCc1ccccc1. The van der Waals surface area contributed by atoms with Gasteiger partial charge in [-0.15, -0.1) is 0 Å². The van der Waals surface area contributed by atoms with Crippen molar-refractivity contribution in [2.75, 3.05) is 0 Å². The van der Waals surface area contributed by atoms with Crippen LogP contribution in [0.2, 0.25) is 0 Å². The van der Waals surface area contributed by atoms with E-state index in [1.165, 1.54) is 11.9 Å². The van der Waals surface area contributed by atoms with Crippen LogP contribution in [0, 0.1) is 17.0 Å². The number of benzene rings is 1. The lowest BCUT2D eigenvalue weighted by molar-refractivity contribution is -0.388. The van der Waals surface area contributed by atoms with Crippen LogP contribution in [-0.2, 0) is 13.0 Å². The number of rotatable bonds is 5. The van der Waals surface area contributed by atoms with Crippen LogP contribution in [0.15, 0.2) is 49.1 Å². The van der Waals surface area contributed by atoms with Gasteiger partial charge in [0.05, 0.1) is 0 Å². The van der Waals surface area contributed by atoms with Gasteiger partial charge in [-0.25, -0.2) is 9.97 Å². The Hall–Kier alpha value is -3.09. The summed E-state index contributed by atoms with van der Waals surface area (Å²) < 4.78 is 1.85. The van der Waals surface area contributed by atoms with E-state index in [4.69, 9.17) is 0 Å². The van der Waals surface area contributed by atoms with Crippen molar-refractivity contribution in [3.63, 3.8) is 0 Å². The summed E-state index contributed by atoms with van der Waals surface area (Å²) in [6.07, 6.45) is 5.29. The van der Waals surface area contributed by atoms with Crippen molar-refractivity contribution in [1.29, 1.82) is 0 Å². The van der Waals surface area contributed by atoms with Crippen LogP contribution in [0.5, 0.6) is 0 Å². The van der Waals surface area contributed by atoms with Crippen LogP contribution in [0.4, 0.5) is 5.82 Å². The molecule has 0 fully saturated rings. The molecule has 7 nitrogen and oxygen atoms in total. The quantitative estimate of drug-likeness (QED) is 0.534. The second kappa shape index (κ2) is 6.35. The molecule has 0 unspecified atom stereocenters. The average molecular weight is 309 g/mol. The number of nitrogens with zero attached hydrogens (tertiary/aromatic N) is 5. The maximum Gasteiger partial charge on any atom is 0.390 e. The van der Waals surface area contributed by atoms with Crippen LogP contribution in [0.25, 0.3) is 11.3 Å². The molecule has 0 aliphatic rings. The Bertz CT molecular complexity index is 815. The first-order chi connectivity index (χ1) is 11.2. The first kappa shape index (κ1) is 14.8. The van der Waals surface area contributed by atoms with E-state index < -0.39 is 4.92 Å². The van der Waals surface area contributed by atoms with Gasteiger partial charge in [-0.3, -0.25) is 0 Å². The molecule has 3 rings (SSSR count). The smallest absolute Gasteiger partial charge is 0.358 e. The molecule has 0 aliphatic heterocycles. The average Bonchev–Trinajstić information content (AvgIpc) is 2.91. The molecular formula is C16H15N5O2. The maximum absolute atomic E-state index is 11.3.